The maximum atomic E-state index is 11.5. The average Bonchev–Trinajstić information content (AvgIpc) is 2.96. The molecule has 1 saturated carbocycles. The molecule has 0 spiro atoms. The van der Waals surface area contributed by atoms with E-state index < -0.39 is 12.1 Å². The van der Waals surface area contributed by atoms with Gasteiger partial charge in [-0.05, 0) is 18.9 Å². The van der Waals surface area contributed by atoms with Gasteiger partial charge in [0.2, 0.25) is 0 Å². The van der Waals surface area contributed by atoms with Crippen molar-refractivity contribution < 1.29 is 14.7 Å². The molecule has 1 aliphatic rings. The molecule has 1 aliphatic carbocycles. The molecule has 20 heavy (non-hydrogen) atoms. The normalized spacial score (nSPS) is 16.9. The number of nitrogens with one attached hydrogen (secondary N) is 2. The monoisotopic (exact) mass is 298 g/mol. The van der Waals surface area contributed by atoms with Crippen LogP contribution in [-0.4, -0.2) is 23.8 Å². The van der Waals surface area contributed by atoms with Gasteiger partial charge in [-0.2, -0.15) is 0 Å². The number of carbonyl (C=O) groups is 1. The van der Waals surface area contributed by atoms with Crippen molar-refractivity contribution in [1.29, 1.82) is 0 Å². The van der Waals surface area contributed by atoms with Crippen LogP contribution in [0.15, 0.2) is 24.3 Å². The Labute approximate surface area is 123 Å². The lowest BCUT2D eigenvalue weighted by molar-refractivity contribution is -0.000416. The summed E-state index contributed by atoms with van der Waals surface area (Å²) in [7, 11) is 0. The van der Waals surface area contributed by atoms with Crippen LogP contribution in [0.3, 0.4) is 0 Å². The van der Waals surface area contributed by atoms with Gasteiger partial charge in [-0.25, -0.2) is 10.3 Å². The molecule has 2 amide bonds. The lowest BCUT2D eigenvalue weighted by Gasteiger charge is -2.15. The Kier molecular flexibility index (Phi) is 5.64. The number of hydrogen-bond acceptors (Lipinski definition) is 3. The number of carbonyl (C=O) groups excluding carboxylic acids is 1. The molecule has 0 aliphatic heterocycles. The molecule has 1 fully saturated rings. The number of amides is 2. The van der Waals surface area contributed by atoms with Gasteiger partial charge in [0.15, 0.2) is 0 Å². The van der Waals surface area contributed by atoms with Crippen molar-refractivity contribution in [1.82, 2.24) is 10.8 Å². The van der Waals surface area contributed by atoms with Crippen molar-refractivity contribution >= 4 is 17.6 Å². The van der Waals surface area contributed by atoms with E-state index in [1.807, 2.05) is 0 Å². The second kappa shape index (κ2) is 7.47. The predicted molar refractivity (Wildman–Crippen MR) is 76.3 cm³/mol. The minimum atomic E-state index is -0.846. The number of urea groups is 1. The highest BCUT2D eigenvalue weighted by Crippen LogP contribution is 2.22. The summed E-state index contributed by atoms with van der Waals surface area (Å²) in [6.07, 6.45) is 3.49. The standard InChI is InChI=1S/C14H19ClN2O3/c15-12-8-4-3-7-11(12)13(18)9-16-14(19)17-20-10-5-1-2-6-10/h3-4,7-8,10,13,18H,1-2,5-6,9H2,(H2,16,17,19). The quantitative estimate of drug-likeness (QED) is 0.732. The third-order valence-corrected chi connectivity index (χ3v) is 3.68. The summed E-state index contributed by atoms with van der Waals surface area (Å²) in [5.74, 6) is 0. The van der Waals surface area contributed by atoms with Gasteiger partial charge >= 0.3 is 6.03 Å². The van der Waals surface area contributed by atoms with E-state index in [0.717, 1.165) is 25.7 Å². The van der Waals surface area contributed by atoms with Crippen LogP contribution in [0, 0.1) is 0 Å². The first-order valence-corrected chi connectivity index (χ1v) is 7.16. The van der Waals surface area contributed by atoms with Crippen molar-refractivity contribution in [2.24, 2.45) is 0 Å². The minimum absolute atomic E-state index is 0.0730. The van der Waals surface area contributed by atoms with Crippen molar-refractivity contribution in [2.75, 3.05) is 6.54 Å². The first-order valence-electron chi connectivity index (χ1n) is 6.79. The third kappa shape index (κ3) is 4.37. The van der Waals surface area contributed by atoms with Gasteiger partial charge < -0.3 is 10.4 Å². The lowest BCUT2D eigenvalue weighted by Crippen LogP contribution is -2.39. The Morgan fingerprint density at radius 2 is 2.10 bits per heavy atom. The Bertz CT molecular complexity index is 450. The maximum absolute atomic E-state index is 11.5. The van der Waals surface area contributed by atoms with E-state index in [-0.39, 0.29) is 12.6 Å². The van der Waals surface area contributed by atoms with Crippen LogP contribution in [0.5, 0.6) is 0 Å². The lowest BCUT2D eigenvalue weighted by atomic mass is 10.1. The van der Waals surface area contributed by atoms with E-state index in [1.165, 1.54) is 0 Å². The average molecular weight is 299 g/mol. The highest BCUT2D eigenvalue weighted by Gasteiger charge is 2.17. The Hall–Kier alpha value is -1.30. The number of benzene rings is 1. The van der Waals surface area contributed by atoms with Crippen LogP contribution in [0.4, 0.5) is 4.79 Å². The summed E-state index contributed by atoms with van der Waals surface area (Å²) < 4.78 is 0. The topological polar surface area (TPSA) is 70.6 Å². The molecule has 0 heterocycles. The van der Waals surface area contributed by atoms with Crippen molar-refractivity contribution in [3.8, 4) is 0 Å². The fourth-order valence-electron chi connectivity index (χ4n) is 2.22. The maximum Gasteiger partial charge on any atom is 0.338 e. The molecule has 1 aromatic carbocycles. The highest BCUT2D eigenvalue weighted by atomic mass is 35.5. The zero-order valence-corrected chi connectivity index (χ0v) is 11.9. The number of halogens is 1. The van der Waals surface area contributed by atoms with E-state index in [4.69, 9.17) is 16.4 Å². The number of rotatable bonds is 5. The Morgan fingerprint density at radius 3 is 2.80 bits per heavy atom. The molecule has 2 rings (SSSR count). The fourth-order valence-corrected chi connectivity index (χ4v) is 2.49. The number of aliphatic hydroxyl groups excluding tert-OH is 1. The molecule has 1 aromatic rings. The molecule has 0 aromatic heterocycles. The van der Waals surface area contributed by atoms with E-state index in [1.54, 1.807) is 24.3 Å². The van der Waals surface area contributed by atoms with Crippen LogP contribution < -0.4 is 10.8 Å². The van der Waals surface area contributed by atoms with Gasteiger partial charge in [0.1, 0.15) is 0 Å². The third-order valence-electron chi connectivity index (χ3n) is 3.34. The molecule has 3 N–H and O–H groups in total. The molecule has 110 valence electrons. The summed E-state index contributed by atoms with van der Waals surface area (Å²) in [4.78, 5) is 16.8. The molecule has 6 heteroatoms. The van der Waals surface area contributed by atoms with Gasteiger partial charge in [-0.15, -0.1) is 0 Å². The summed E-state index contributed by atoms with van der Waals surface area (Å²) >= 11 is 5.97. The number of aliphatic hydroxyl groups is 1. The first kappa shape index (κ1) is 15.1. The van der Waals surface area contributed by atoms with Gasteiger partial charge in [0, 0.05) is 17.1 Å². The Balaban J connectivity index is 1.71. The highest BCUT2D eigenvalue weighted by molar-refractivity contribution is 6.31. The van der Waals surface area contributed by atoms with Crippen molar-refractivity contribution in [3.05, 3.63) is 34.9 Å². The van der Waals surface area contributed by atoms with Crippen LogP contribution in [0.25, 0.3) is 0 Å². The first-order chi connectivity index (χ1) is 9.66. The summed E-state index contributed by atoms with van der Waals surface area (Å²) in [5.41, 5.74) is 2.94. The second-order valence-electron chi connectivity index (χ2n) is 4.87. The molecule has 0 saturated heterocycles. The van der Waals surface area contributed by atoms with E-state index in [0.29, 0.717) is 10.6 Å². The van der Waals surface area contributed by atoms with Gasteiger partial charge in [0.25, 0.3) is 0 Å². The largest absolute Gasteiger partial charge is 0.387 e. The number of hydroxylamine groups is 1. The zero-order valence-electron chi connectivity index (χ0n) is 11.1. The van der Waals surface area contributed by atoms with E-state index >= 15 is 0 Å². The molecular formula is C14H19ClN2O3. The van der Waals surface area contributed by atoms with Crippen LogP contribution >= 0.6 is 11.6 Å². The van der Waals surface area contributed by atoms with Crippen molar-refractivity contribution in [3.63, 3.8) is 0 Å². The molecular weight excluding hydrogens is 280 g/mol. The Morgan fingerprint density at radius 1 is 1.40 bits per heavy atom. The second-order valence-corrected chi connectivity index (χ2v) is 5.28. The fraction of sp³-hybridized carbons (Fsp3) is 0.500. The SMILES string of the molecule is O=C(NCC(O)c1ccccc1Cl)NOC1CCCC1. The van der Waals surface area contributed by atoms with Gasteiger partial charge in [-0.3, -0.25) is 4.84 Å². The summed E-state index contributed by atoms with van der Waals surface area (Å²) in [6, 6.07) is 6.54. The van der Waals surface area contributed by atoms with Crippen LogP contribution in [0.1, 0.15) is 37.4 Å². The molecule has 1 atom stereocenters. The summed E-state index contributed by atoms with van der Waals surface area (Å²) in [5, 5.41) is 13.0. The van der Waals surface area contributed by atoms with Gasteiger partial charge in [-0.1, -0.05) is 42.6 Å². The van der Waals surface area contributed by atoms with Crippen molar-refractivity contribution in [2.45, 2.75) is 37.9 Å². The predicted octanol–water partition coefficient (Wildman–Crippen LogP) is 2.55. The summed E-state index contributed by atoms with van der Waals surface area (Å²) in [6.45, 7) is 0.0730. The van der Waals surface area contributed by atoms with Gasteiger partial charge in [0.05, 0.1) is 12.2 Å². The van der Waals surface area contributed by atoms with E-state index in [9.17, 15) is 9.90 Å². The van der Waals surface area contributed by atoms with E-state index in [2.05, 4.69) is 10.8 Å². The minimum Gasteiger partial charge on any atom is -0.387 e. The zero-order chi connectivity index (χ0) is 14.4. The van der Waals surface area contributed by atoms with Crippen LogP contribution in [-0.2, 0) is 4.84 Å². The molecule has 0 radical (unpaired) electrons. The smallest absolute Gasteiger partial charge is 0.338 e. The molecule has 1 unspecified atom stereocenters. The van der Waals surface area contributed by atoms with Crippen LogP contribution in [0.2, 0.25) is 5.02 Å². The molecule has 5 nitrogen and oxygen atoms in total. The molecule has 0 bridgehead atoms. The number of hydrogen-bond donors (Lipinski definition) is 3.